The summed E-state index contributed by atoms with van der Waals surface area (Å²) in [4.78, 5) is 20.5. The summed E-state index contributed by atoms with van der Waals surface area (Å²) in [6.45, 7) is 3.50. The van der Waals surface area contributed by atoms with Gasteiger partial charge in [0.2, 0.25) is 0 Å². The minimum absolute atomic E-state index is 0.0922. The summed E-state index contributed by atoms with van der Waals surface area (Å²) in [7, 11) is 3.80. The zero-order chi connectivity index (χ0) is 26.3. The summed E-state index contributed by atoms with van der Waals surface area (Å²) in [5.41, 5.74) is 5.75. The van der Waals surface area contributed by atoms with Gasteiger partial charge in [0, 0.05) is 29.8 Å². The van der Waals surface area contributed by atoms with Crippen LogP contribution >= 0.6 is 0 Å². The Morgan fingerprint density at radius 3 is 2.74 bits per heavy atom. The second kappa shape index (κ2) is 9.76. The molecule has 4 aromatic rings. The first kappa shape index (κ1) is 24.4. The molecule has 2 aliphatic rings. The molecular formula is C32H33N3O3. The van der Waals surface area contributed by atoms with Crippen molar-refractivity contribution in [3.05, 3.63) is 101 Å². The van der Waals surface area contributed by atoms with E-state index in [-0.39, 0.29) is 11.9 Å². The predicted octanol–water partition coefficient (Wildman–Crippen LogP) is 5.58. The maximum Gasteiger partial charge on any atom is 0.252 e. The van der Waals surface area contributed by atoms with Gasteiger partial charge >= 0.3 is 0 Å². The van der Waals surface area contributed by atoms with Crippen molar-refractivity contribution in [1.82, 2.24) is 15.2 Å². The van der Waals surface area contributed by atoms with Crippen molar-refractivity contribution in [3.63, 3.8) is 0 Å². The quantitative estimate of drug-likeness (QED) is 0.354. The number of carbonyl (C=O) groups is 1. The van der Waals surface area contributed by atoms with Crippen LogP contribution in [0.5, 0.6) is 11.5 Å². The molecule has 1 saturated carbocycles. The lowest BCUT2D eigenvalue weighted by molar-refractivity contribution is 0.0929. The van der Waals surface area contributed by atoms with Crippen LogP contribution < -0.4 is 14.8 Å². The van der Waals surface area contributed by atoms with E-state index in [1.165, 1.54) is 11.1 Å². The van der Waals surface area contributed by atoms with Gasteiger partial charge < -0.3 is 14.8 Å². The molecule has 0 bridgehead atoms. The first-order chi connectivity index (χ1) is 18.5. The maximum absolute atomic E-state index is 13.6. The Morgan fingerprint density at radius 2 is 1.92 bits per heavy atom. The highest BCUT2D eigenvalue weighted by atomic mass is 16.5. The van der Waals surface area contributed by atoms with Gasteiger partial charge in [0.1, 0.15) is 18.1 Å². The van der Waals surface area contributed by atoms with Crippen LogP contribution in [0.3, 0.4) is 0 Å². The summed E-state index contributed by atoms with van der Waals surface area (Å²) in [5, 5.41) is 4.39. The molecule has 1 unspecified atom stereocenters. The highest BCUT2D eigenvalue weighted by Crippen LogP contribution is 2.49. The van der Waals surface area contributed by atoms with Gasteiger partial charge in [-0.1, -0.05) is 36.4 Å². The lowest BCUT2D eigenvalue weighted by atomic mass is 9.93. The van der Waals surface area contributed by atoms with Gasteiger partial charge in [0.25, 0.3) is 5.91 Å². The van der Waals surface area contributed by atoms with Crippen LogP contribution in [-0.2, 0) is 12.0 Å². The number of fused-ring (bicyclic) bond motifs is 2. The Morgan fingerprint density at radius 1 is 1.08 bits per heavy atom. The Kier molecular flexibility index (Phi) is 6.28. The SMILES string of the molecule is COc1cc(C2(NC(=O)c3cc(OCC4c5ccccc5CCN4C)ccc3C)CC2)c2cccnc2c1. The fraction of sp³-hybridized carbons (Fsp3) is 0.312. The van der Waals surface area contributed by atoms with E-state index < -0.39 is 5.54 Å². The third kappa shape index (κ3) is 4.50. The van der Waals surface area contributed by atoms with E-state index in [9.17, 15) is 4.79 Å². The fourth-order valence-corrected chi connectivity index (χ4v) is 5.65. The summed E-state index contributed by atoms with van der Waals surface area (Å²) in [5.74, 6) is 1.36. The number of aromatic nitrogens is 1. The number of carbonyl (C=O) groups excluding carboxylic acids is 1. The molecule has 1 fully saturated rings. The van der Waals surface area contributed by atoms with Gasteiger partial charge in [-0.05, 0) is 79.8 Å². The molecule has 0 radical (unpaired) electrons. The minimum Gasteiger partial charge on any atom is -0.497 e. The van der Waals surface area contributed by atoms with Crippen LogP contribution in [0.2, 0.25) is 0 Å². The number of likely N-dealkylation sites (N-methyl/N-ethyl adjacent to an activating group) is 1. The van der Waals surface area contributed by atoms with E-state index in [0.717, 1.165) is 53.6 Å². The Balaban J connectivity index is 1.23. The topological polar surface area (TPSA) is 63.7 Å². The molecule has 6 heteroatoms. The molecule has 1 aromatic heterocycles. The first-order valence-corrected chi connectivity index (χ1v) is 13.2. The lowest BCUT2D eigenvalue weighted by Gasteiger charge is -2.34. The monoisotopic (exact) mass is 507 g/mol. The summed E-state index contributed by atoms with van der Waals surface area (Å²) >= 11 is 0. The van der Waals surface area contributed by atoms with E-state index in [2.05, 4.69) is 52.6 Å². The minimum atomic E-state index is -0.426. The van der Waals surface area contributed by atoms with Crippen LogP contribution in [0.4, 0.5) is 0 Å². The number of nitrogens with one attached hydrogen (secondary N) is 1. The second-order valence-electron chi connectivity index (χ2n) is 10.5. The van der Waals surface area contributed by atoms with Crippen molar-refractivity contribution in [3.8, 4) is 11.5 Å². The first-order valence-electron chi connectivity index (χ1n) is 13.2. The van der Waals surface area contributed by atoms with Crippen LogP contribution in [0.15, 0.2) is 72.9 Å². The molecule has 1 atom stereocenters. The van der Waals surface area contributed by atoms with Crippen LogP contribution in [0, 0.1) is 6.92 Å². The highest BCUT2D eigenvalue weighted by molar-refractivity contribution is 5.97. The van der Waals surface area contributed by atoms with Crippen LogP contribution in [0.1, 0.15) is 51.5 Å². The lowest BCUT2D eigenvalue weighted by Crippen LogP contribution is -2.36. The van der Waals surface area contributed by atoms with Crippen LogP contribution in [-0.4, -0.2) is 43.1 Å². The number of benzene rings is 3. The van der Waals surface area contributed by atoms with E-state index in [1.54, 1.807) is 13.3 Å². The standard InChI is InChI=1S/C32H33N3O3/c1-21-10-11-23(38-20-30-25-8-5-4-7-22(25)12-16-35(30)2)17-27(21)31(36)34-32(13-14-32)28-18-24(37-3)19-29-26(28)9-6-15-33-29/h4-11,15,17-19,30H,12-14,16,20H2,1-3H3,(H,34,36). The number of nitrogens with zero attached hydrogens (tertiary/aromatic N) is 2. The van der Waals surface area contributed by atoms with E-state index in [0.29, 0.717) is 17.9 Å². The number of hydrogen-bond donors (Lipinski definition) is 1. The molecule has 1 N–H and O–H groups in total. The van der Waals surface area contributed by atoms with Gasteiger partial charge in [0.05, 0.1) is 24.2 Å². The predicted molar refractivity (Wildman–Crippen MR) is 149 cm³/mol. The molecule has 194 valence electrons. The molecule has 2 heterocycles. The average molecular weight is 508 g/mol. The zero-order valence-corrected chi connectivity index (χ0v) is 22.2. The summed E-state index contributed by atoms with van der Waals surface area (Å²) in [6.07, 6.45) is 4.58. The third-order valence-electron chi connectivity index (χ3n) is 8.09. The Hall–Kier alpha value is -3.90. The third-order valence-corrected chi connectivity index (χ3v) is 8.09. The molecule has 1 aliphatic carbocycles. The average Bonchev–Trinajstić information content (AvgIpc) is 3.72. The number of rotatable bonds is 7. The Labute approximate surface area is 223 Å². The molecule has 1 aliphatic heterocycles. The van der Waals surface area contributed by atoms with E-state index >= 15 is 0 Å². The van der Waals surface area contributed by atoms with Gasteiger partial charge in [0.15, 0.2) is 0 Å². The second-order valence-corrected chi connectivity index (χ2v) is 10.5. The smallest absolute Gasteiger partial charge is 0.252 e. The number of hydrogen-bond acceptors (Lipinski definition) is 5. The number of amides is 1. The van der Waals surface area contributed by atoms with E-state index in [1.807, 2.05) is 43.3 Å². The zero-order valence-electron chi connectivity index (χ0n) is 22.2. The van der Waals surface area contributed by atoms with Gasteiger partial charge in [-0.15, -0.1) is 0 Å². The van der Waals surface area contributed by atoms with Crippen molar-refractivity contribution in [1.29, 1.82) is 0 Å². The van der Waals surface area contributed by atoms with Gasteiger partial charge in [-0.25, -0.2) is 0 Å². The van der Waals surface area contributed by atoms with Crippen molar-refractivity contribution in [2.45, 2.75) is 37.8 Å². The van der Waals surface area contributed by atoms with Gasteiger partial charge in [-0.3, -0.25) is 14.7 Å². The summed E-state index contributed by atoms with van der Waals surface area (Å²) in [6, 6.07) is 22.5. The number of ether oxygens (including phenoxy) is 2. The number of methoxy groups -OCH3 is 1. The Bertz CT molecular complexity index is 1510. The molecule has 3 aromatic carbocycles. The van der Waals surface area contributed by atoms with Crippen molar-refractivity contribution in [2.75, 3.05) is 27.3 Å². The number of pyridine rings is 1. The molecule has 38 heavy (non-hydrogen) atoms. The normalized spacial score (nSPS) is 18.0. The maximum atomic E-state index is 13.6. The van der Waals surface area contributed by atoms with Crippen molar-refractivity contribution in [2.24, 2.45) is 0 Å². The number of aryl methyl sites for hydroxylation is 1. The molecule has 0 saturated heterocycles. The van der Waals surface area contributed by atoms with E-state index in [4.69, 9.17) is 9.47 Å². The molecule has 0 spiro atoms. The van der Waals surface area contributed by atoms with Crippen molar-refractivity contribution < 1.29 is 14.3 Å². The molecule has 6 nitrogen and oxygen atoms in total. The van der Waals surface area contributed by atoms with Crippen LogP contribution in [0.25, 0.3) is 10.9 Å². The molecular weight excluding hydrogens is 474 g/mol. The highest BCUT2D eigenvalue weighted by Gasteiger charge is 2.47. The fourth-order valence-electron chi connectivity index (χ4n) is 5.65. The largest absolute Gasteiger partial charge is 0.497 e. The van der Waals surface area contributed by atoms with Gasteiger partial charge in [-0.2, -0.15) is 0 Å². The molecule has 1 amide bonds. The molecule has 6 rings (SSSR count). The van der Waals surface area contributed by atoms with Crippen molar-refractivity contribution >= 4 is 16.8 Å². The summed E-state index contributed by atoms with van der Waals surface area (Å²) < 4.78 is 11.8.